The van der Waals surface area contributed by atoms with Crippen molar-refractivity contribution in [2.24, 2.45) is 0 Å². The third-order valence-electron chi connectivity index (χ3n) is 3.46. The summed E-state index contributed by atoms with van der Waals surface area (Å²) in [5.74, 6) is -1.20. The van der Waals surface area contributed by atoms with Gasteiger partial charge in [-0.2, -0.15) is 0 Å². The van der Waals surface area contributed by atoms with Gasteiger partial charge in [0.05, 0.1) is 11.9 Å². The fraction of sp³-hybridized carbons (Fsp3) is 0.500. The molecule has 7 heteroatoms. The number of rotatable bonds is 5. The van der Waals surface area contributed by atoms with Crippen molar-refractivity contribution in [2.75, 3.05) is 17.7 Å². The number of sulfone groups is 1. The average molecular weight is 315 g/mol. The van der Waals surface area contributed by atoms with Crippen LogP contribution in [0.15, 0.2) is 24.3 Å². The molecule has 1 saturated heterocycles. The Bertz CT molecular complexity index is 594. The number of carbonyl (C=O) groups excluding carboxylic acids is 1. The SMILES string of the molecule is C[C@@H](C(=O)Nc1ccc(F)cc1)S(=O)(=O)C[C@H]1CCCO1. The molecule has 1 fully saturated rings. The number of carbonyl (C=O) groups is 1. The van der Waals surface area contributed by atoms with Crippen LogP contribution in [0.1, 0.15) is 19.8 Å². The van der Waals surface area contributed by atoms with Gasteiger partial charge in [-0.25, -0.2) is 12.8 Å². The summed E-state index contributed by atoms with van der Waals surface area (Å²) in [6.45, 7) is 1.92. The van der Waals surface area contributed by atoms with Crippen LogP contribution in [0.5, 0.6) is 0 Å². The van der Waals surface area contributed by atoms with Crippen molar-refractivity contribution >= 4 is 21.4 Å². The first-order chi connectivity index (χ1) is 9.88. The molecule has 1 aromatic carbocycles. The van der Waals surface area contributed by atoms with Gasteiger partial charge in [-0.05, 0) is 44.0 Å². The van der Waals surface area contributed by atoms with Crippen LogP contribution in [0.4, 0.5) is 10.1 Å². The highest BCUT2D eigenvalue weighted by molar-refractivity contribution is 7.92. The Hall–Kier alpha value is -1.47. The Kier molecular flexibility index (Phi) is 4.95. The molecule has 0 spiro atoms. The first kappa shape index (κ1) is 15.9. The third kappa shape index (κ3) is 4.25. The molecular weight excluding hydrogens is 297 g/mol. The lowest BCUT2D eigenvalue weighted by Gasteiger charge is -2.16. The lowest BCUT2D eigenvalue weighted by Crippen LogP contribution is -2.37. The third-order valence-corrected chi connectivity index (χ3v) is 5.59. The molecular formula is C14H18FNO4S. The van der Waals surface area contributed by atoms with Crippen LogP contribution >= 0.6 is 0 Å². The summed E-state index contributed by atoms with van der Waals surface area (Å²) in [5, 5.41) is 1.30. The van der Waals surface area contributed by atoms with Gasteiger partial charge in [-0.1, -0.05) is 0 Å². The van der Waals surface area contributed by atoms with E-state index in [1.54, 1.807) is 0 Å². The first-order valence-corrected chi connectivity index (χ1v) is 8.49. The van der Waals surface area contributed by atoms with Crippen LogP contribution in [0, 0.1) is 5.82 Å². The zero-order valence-corrected chi connectivity index (χ0v) is 12.5. The van der Waals surface area contributed by atoms with Gasteiger partial charge in [0.25, 0.3) is 0 Å². The molecule has 2 atom stereocenters. The van der Waals surface area contributed by atoms with Crippen molar-refractivity contribution in [3.8, 4) is 0 Å². The van der Waals surface area contributed by atoms with E-state index in [0.717, 1.165) is 6.42 Å². The fourth-order valence-corrected chi connectivity index (χ4v) is 3.57. The Morgan fingerprint density at radius 1 is 1.43 bits per heavy atom. The zero-order chi connectivity index (χ0) is 15.5. The van der Waals surface area contributed by atoms with Gasteiger partial charge in [0.1, 0.15) is 11.1 Å². The summed E-state index contributed by atoms with van der Waals surface area (Å²) in [4.78, 5) is 12.0. The second kappa shape index (κ2) is 6.53. The summed E-state index contributed by atoms with van der Waals surface area (Å²) in [6.07, 6.45) is 1.22. The Morgan fingerprint density at radius 2 is 2.10 bits per heavy atom. The zero-order valence-electron chi connectivity index (χ0n) is 11.7. The van der Waals surface area contributed by atoms with E-state index in [4.69, 9.17) is 4.74 Å². The minimum absolute atomic E-state index is 0.148. The molecule has 2 rings (SSSR count). The van der Waals surface area contributed by atoms with E-state index in [2.05, 4.69) is 5.32 Å². The maximum atomic E-state index is 12.8. The van der Waals surface area contributed by atoms with Crippen molar-refractivity contribution in [1.29, 1.82) is 0 Å². The number of amides is 1. The van der Waals surface area contributed by atoms with Gasteiger partial charge in [-0.3, -0.25) is 4.79 Å². The van der Waals surface area contributed by atoms with Crippen LogP contribution in [0.25, 0.3) is 0 Å². The van der Waals surface area contributed by atoms with Gasteiger partial charge in [0.15, 0.2) is 9.84 Å². The molecule has 0 saturated carbocycles. The van der Waals surface area contributed by atoms with E-state index in [0.29, 0.717) is 18.7 Å². The highest BCUT2D eigenvalue weighted by Crippen LogP contribution is 2.17. The quantitative estimate of drug-likeness (QED) is 0.898. The van der Waals surface area contributed by atoms with Crippen LogP contribution in [-0.2, 0) is 19.4 Å². The average Bonchev–Trinajstić information content (AvgIpc) is 2.92. The summed E-state index contributed by atoms with van der Waals surface area (Å²) >= 11 is 0. The molecule has 1 aliphatic rings. The van der Waals surface area contributed by atoms with E-state index >= 15 is 0 Å². The van der Waals surface area contributed by atoms with Crippen molar-refractivity contribution in [3.05, 3.63) is 30.1 Å². The van der Waals surface area contributed by atoms with Gasteiger partial charge in [0.2, 0.25) is 5.91 Å². The minimum Gasteiger partial charge on any atom is -0.377 e. The smallest absolute Gasteiger partial charge is 0.242 e. The Morgan fingerprint density at radius 3 is 2.67 bits per heavy atom. The van der Waals surface area contributed by atoms with Crippen LogP contribution in [-0.4, -0.2) is 38.0 Å². The van der Waals surface area contributed by atoms with Gasteiger partial charge in [-0.15, -0.1) is 0 Å². The number of nitrogens with one attached hydrogen (secondary N) is 1. The van der Waals surface area contributed by atoms with E-state index in [1.807, 2.05) is 0 Å². The molecule has 1 amide bonds. The highest BCUT2D eigenvalue weighted by Gasteiger charge is 2.32. The first-order valence-electron chi connectivity index (χ1n) is 6.78. The number of hydrogen-bond donors (Lipinski definition) is 1. The molecule has 1 aromatic rings. The molecule has 0 aliphatic carbocycles. The van der Waals surface area contributed by atoms with E-state index in [9.17, 15) is 17.6 Å². The number of hydrogen-bond acceptors (Lipinski definition) is 4. The van der Waals surface area contributed by atoms with Gasteiger partial charge >= 0.3 is 0 Å². The molecule has 0 unspecified atom stereocenters. The molecule has 5 nitrogen and oxygen atoms in total. The standard InChI is InChI=1S/C14H18FNO4S/c1-10(21(18,19)9-13-3-2-8-20-13)14(17)16-12-6-4-11(15)5-7-12/h4-7,10,13H,2-3,8-9H2,1H3,(H,16,17)/t10-,13+/m0/s1. The summed E-state index contributed by atoms with van der Waals surface area (Å²) in [6, 6.07) is 5.15. The van der Waals surface area contributed by atoms with Crippen molar-refractivity contribution < 1.29 is 22.3 Å². The van der Waals surface area contributed by atoms with Crippen LogP contribution in [0.3, 0.4) is 0 Å². The van der Waals surface area contributed by atoms with E-state index < -0.39 is 26.8 Å². The number of ether oxygens (including phenoxy) is 1. The molecule has 116 valence electrons. The lowest BCUT2D eigenvalue weighted by atomic mass is 10.3. The number of benzene rings is 1. The topological polar surface area (TPSA) is 72.5 Å². The molecule has 0 aromatic heterocycles. The summed E-state index contributed by atoms with van der Waals surface area (Å²) in [5.41, 5.74) is 0.362. The fourth-order valence-electron chi connectivity index (χ4n) is 2.12. The second-order valence-electron chi connectivity index (χ2n) is 5.10. The molecule has 0 bridgehead atoms. The van der Waals surface area contributed by atoms with E-state index in [-0.39, 0.29) is 11.9 Å². The Labute approximate surface area is 123 Å². The lowest BCUT2D eigenvalue weighted by molar-refractivity contribution is -0.115. The van der Waals surface area contributed by atoms with Crippen molar-refractivity contribution in [3.63, 3.8) is 0 Å². The van der Waals surface area contributed by atoms with Crippen molar-refractivity contribution in [2.45, 2.75) is 31.1 Å². The normalized spacial score (nSPS) is 20.2. The minimum atomic E-state index is -3.58. The largest absolute Gasteiger partial charge is 0.377 e. The van der Waals surface area contributed by atoms with Crippen molar-refractivity contribution in [1.82, 2.24) is 0 Å². The maximum absolute atomic E-state index is 12.8. The van der Waals surface area contributed by atoms with Gasteiger partial charge in [0, 0.05) is 12.3 Å². The Balaban J connectivity index is 1.98. The molecule has 0 radical (unpaired) electrons. The number of anilines is 1. The predicted octanol–water partition coefficient (Wildman–Crippen LogP) is 1.75. The van der Waals surface area contributed by atoms with E-state index in [1.165, 1.54) is 31.2 Å². The predicted molar refractivity (Wildman–Crippen MR) is 77.3 cm³/mol. The van der Waals surface area contributed by atoms with Crippen LogP contribution in [0.2, 0.25) is 0 Å². The maximum Gasteiger partial charge on any atom is 0.242 e. The van der Waals surface area contributed by atoms with Crippen LogP contribution < -0.4 is 5.32 Å². The second-order valence-corrected chi connectivity index (χ2v) is 7.47. The molecule has 1 N–H and O–H groups in total. The molecule has 1 heterocycles. The molecule has 1 aliphatic heterocycles. The highest BCUT2D eigenvalue weighted by atomic mass is 32.2. The summed E-state index contributed by atoms with van der Waals surface area (Å²) in [7, 11) is -3.58. The summed E-state index contributed by atoms with van der Waals surface area (Å²) < 4.78 is 42.4. The number of halogens is 1. The molecule has 21 heavy (non-hydrogen) atoms. The monoisotopic (exact) mass is 315 g/mol. The van der Waals surface area contributed by atoms with Gasteiger partial charge < -0.3 is 10.1 Å².